The van der Waals surface area contributed by atoms with Crippen LogP contribution in [0.15, 0.2) is 0 Å². The zero-order valence-corrected chi connectivity index (χ0v) is 13.5. The summed E-state index contributed by atoms with van der Waals surface area (Å²) >= 11 is 0. The van der Waals surface area contributed by atoms with Crippen LogP contribution in [-0.2, 0) is 10.2 Å². The molecule has 1 saturated heterocycles. The van der Waals surface area contributed by atoms with Gasteiger partial charge in [-0.2, -0.15) is 17.0 Å². The van der Waals surface area contributed by atoms with Gasteiger partial charge in [-0.3, -0.25) is 0 Å². The van der Waals surface area contributed by atoms with Crippen LogP contribution in [0.2, 0.25) is 0 Å². The maximum absolute atomic E-state index is 12.8. The number of hydrogen-bond acceptors (Lipinski definition) is 3. The molecule has 2 fully saturated rings. The van der Waals surface area contributed by atoms with Crippen molar-refractivity contribution in [2.24, 2.45) is 5.92 Å². The first-order valence-corrected chi connectivity index (χ1v) is 9.24. The quantitative estimate of drug-likeness (QED) is 0.858. The molecule has 20 heavy (non-hydrogen) atoms. The molecule has 2 aliphatic rings. The molecule has 2 rings (SSSR count). The zero-order valence-electron chi connectivity index (χ0n) is 12.7. The molecule has 5 nitrogen and oxygen atoms in total. The van der Waals surface area contributed by atoms with Gasteiger partial charge in [0.15, 0.2) is 0 Å². The van der Waals surface area contributed by atoms with Crippen LogP contribution in [0.1, 0.15) is 51.9 Å². The first-order valence-electron chi connectivity index (χ1n) is 7.84. The minimum atomic E-state index is -3.45. The van der Waals surface area contributed by atoms with Gasteiger partial charge in [-0.15, -0.1) is 0 Å². The SMILES string of the molecule is CC1CCCN(S(=O)(=O)N(C)C2CCCCC2)C1CO. The van der Waals surface area contributed by atoms with Gasteiger partial charge in [0, 0.05) is 19.6 Å². The first-order chi connectivity index (χ1) is 9.48. The van der Waals surface area contributed by atoms with Crippen LogP contribution >= 0.6 is 0 Å². The van der Waals surface area contributed by atoms with E-state index in [0.717, 1.165) is 38.5 Å². The molecule has 118 valence electrons. The van der Waals surface area contributed by atoms with Crippen LogP contribution in [0.3, 0.4) is 0 Å². The van der Waals surface area contributed by atoms with Crippen molar-refractivity contribution >= 4 is 10.2 Å². The van der Waals surface area contributed by atoms with E-state index < -0.39 is 10.2 Å². The first kappa shape index (κ1) is 16.2. The van der Waals surface area contributed by atoms with Crippen molar-refractivity contribution in [2.45, 2.75) is 64.0 Å². The molecule has 0 aromatic heterocycles. The molecule has 1 heterocycles. The van der Waals surface area contributed by atoms with Crippen molar-refractivity contribution in [2.75, 3.05) is 20.2 Å². The molecule has 0 aromatic carbocycles. The number of aliphatic hydroxyl groups excluding tert-OH is 1. The van der Waals surface area contributed by atoms with Gasteiger partial charge in [-0.05, 0) is 31.6 Å². The fraction of sp³-hybridized carbons (Fsp3) is 1.00. The van der Waals surface area contributed by atoms with Crippen LogP contribution in [0.5, 0.6) is 0 Å². The van der Waals surface area contributed by atoms with E-state index in [1.54, 1.807) is 11.4 Å². The minimum absolute atomic E-state index is 0.0844. The van der Waals surface area contributed by atoms with Crippen molar-refractivity contribution in [3.05, 3.63) is 0 Å². The van der Waals surface area contributed by atoms with Crippen LogP contribution in [-0.4, -0.2) is 54.4 Å². The van der Waals surface area contributed by atoms with Gasteiger partial charge in [0.25, 0.3) is 10.2 Å². The van der Waals surface area contributed by atoms with Crippen molar-refractivity contribution in [1.29, 1.82) is 0 Å². The van der Waals surface area contributed by atoms with Gasteiger partial charge in [0.05, 0.1) is 12.6 Å². The van der Waals surface area contributed by atoms with Crippen LogP contribution in [0.25, 0.3) is 0 Å². The number of hydrogen-bond donors (Lipinski definition) is 1. The van der Waals surface area contributed by atoms with Crippen molar-refractivity contribution in [3.63, 3.8) is 0 Å². The highest BCUT2D eigenvalue weighted by Crippen LogP contribution is 2.30. The third kappa shape index (κ3) is 3.18. The third-order valence-corrected chi connectivity index (χ3v) is 7.07. The van der Waals surface area contributed by atoms with Crippen molar-refractivity contribution in [3.8, 4) is 0 Å². The summed E-state index contributed by atoms with van der Waals surface area (Å²) in [5.41, 5.74) is 0. The number of rotatable bonds is 4. The average Bonchev–Trinajstić information content (AvgIpc) is 2.47. The van der Waals surface area contributed by atoms with Crippen LogP contribution < -0.4 is 0 Å². The fourth-order valence-corrected chi connectivity index (χ4v) is 5.46. The lowest BCUT2D eigenvalue weighted by atomic mass is 9.93. The minimum Gasteiger partial charge on any atom is -0.395 e. The molecule has 1 aliphatic carbocycles. The molecule has 0 radical (unpaired) electrons. The van der Waals surface area contributed by atoms with E-state index in [2.05, 4.69) is 0 Å². The highest BCUT2D eigenvalue weighted by Gasteiger charge is 2.40. The molecule has 1 aliphatic heterocycles. The zero-order chi connectivity index (χ0) is 14.8. The molecule has 2 unspecified atom stereocenters. The fourth-order valence-electron chi connectivity index (χ4n) is 3.57. The maximum Gasteiger partial charge on any atom is 0.282 e. The highest BCUT2D eigenvalue weighted by molar-refractivity contribution is 7.86. The molecule has 1 N–H and O–H groups in total. The monoisotopic (exact) mass is 304 g/mol. The lowest BCUT2D eigenvalue weighted by Crippen LogP contribution is -2.55. The van der Waals surface area contributed by atoms with Crippen LogP contribution in [0.4, 0.5) is 0 Å². The second-order valence-corrected chi connectivity index (χ2v) is 8.24. The summed E-state index contributed by atoms with van der Waals surface area (Å²) in [7, 11) is -1.74. The Hall–Kier alpha value is -0.170. The van der Waals surface area contributed by atoms with Crippen molar-refractivity contribution in [1.82, 2.24) is 8.61 Å². The average molecular weight is 304 g/mol. The Bertz CT molecular complexity index is 407. The summed E-state index contributed by atoms with van der Waals surface area (Å²) < 4.78 is 28.8. The Morgan fingerprint density at radius 2 is 1.80 bits per heavy atom. The lowest BCUT2D eigenvalue weighted by Gasteiger charge is -2.41. The molecule has 0 bridgehead atoms. The Morgan fingerprint density at radius 1 is 1.15 bits per heavy atom. The van der Waals surface area contributed by atoms with E-state index in [-0.39, 0.29) is 24.6 Å². The van der Waals surface area contributed by atoms with Crippen molar-refractivity contribution < 1.29 is 13.5 Å². The molecule has 0 aromatic rings. The molecular formula is C14H28N2O3S. The Kier molecular flexibility index (Phi) is 5.45. The third-order valence-electron chi connectivity index (χ3n) is 5.00. The lowest BCUT2D eigenvalue weighted by molar-refractivity contribution is 0.105. The van der Waals surface area contributed by atoms with Gasteiger partial charge in [-0.25, -0.2) is 0 Å². The summed E-state index contributed by atoms with van der Waals surface area (Å²) in [5.74, 6) is 0.225. The summed E-state index contributed by atoms with van der Waals surface area (Å²) in [6.07, 6.45) is 7.24. The molecule has 0 amide bonds. The Balaban J connectivity index is 2.14. The van der Waals surface area contributed by atoms with E-state index in [1.807, 2.05) is 6.92 Å². The Labute approximate surface area is 123 Å². The van der Waals surface area contributed by atoms with Gasteiger partial charge < -0.3 is 5.11 Å². The second-order valence-electron chi connectivity index (χ2n) is 6.30. The summed E-state index contributed by atoms with van der Waals surface area (Å²) in [6.45, 7) is 2.48. The van der Waals surface area contributed by atoms with Gasteiger partial charge in [-0.1, -0.05) is 26.2 Å². The van der Waals surface area contributed by atoms with Gasteiger partial charge in [0.1, 0.15) is 0 Å². The summed E-state index contributed by atoms with van der Waals surface area (Å²) in [4.78, 5) is 0. The predicted molar refractivity (Wildman–Crippen MR) is 79.5 cm³/mol. The summed E-state index contributed by atoms with van der Waals surface area (Å²) in [6, 6.07) is -0.134. The molecule has 2 atom stereocenters. The van der Waals surface area contributed by atoms with E-state index in [4.69, 9.17) is 0 Å². The van der Waals surface area contributed by atoms with Crippen LogP contribution in [0, 0.1) is 5.92 Å². The molecule has 6 heteroatoms. The molecule has 0 spiro atoms. The van der Waals surface area contributed by atoms with E-state index in [0.29, 0.717) is 6.54 Å². The maximum atomic E-state index is 12.8. The number of aliphatic hydroxyl groups is 1. The molecule has 1 saturated carbocycles. The summed E-state index contributed by atoms with van der Waals surface area (Å²) in [5, 5.41) is 9.56. The van der Waals surface area contributed by atoms with E-state index in [9.17, 15) is 13.5 Å². The smallest absolute Gasteiger partial charge is 0.282 e. The van der Waals surface area contributed by atoms with E-state index in [1.165, 1.54) is 10.7 Å². The predicted octanol–water partition coefficient (Wildman–Crippen LogP) is 1.59. The van der Waals surface area contributed by atoms with E-state index >= 15 is 0 Å². The standard InChI is InChI=1S/C14H28N2O3S/c1-12-7-6-10-16(14(12)11-17)20(18,19)15(2)13-8-4-3-5-9-13/h12-14,17H,3-11H2,1-2H3. The normalized spacial score (nSPS) is 30.8. The Morgan fingerprint density at radius 3 is 2.40 bits per heavy atom. The van der Waals surface area contributed by atoms with Gasteiger partial charge in [0.2, 0.25) is 0 Å². The van der Waals surface area contributed by atoms with Gasteiger partial charge >= 0.3 is 0 Å². The largest absolute Gasteiger partial charge is 0.395 e. The highest BCUT2D eigenvalue weighted by atomic mass is 32.2. The number of nitrogens with zero attached hydrogens (tertiary/aromatic N) is 2. The molecular weight excluding hydrogens is 276 g/mol. The number of piperidine rings is 1. The topological polar surface area (TPSA) is 60.9 Å². The second kappa shape index (κ2) is 6.73.